The second-order valence-corrected chi connectivity index (χ2v) is 7.91. The normalized spacial score (nSPS) is 14.6. The van der Waals surface area contributed by atoms with E-state index in [9.17, 15) is 9.59 Å². The molecular weight excluding hydrogens is 376 g/mol. The Morgan fingerprint density at radius 3 is 2.71 bits per heavy atom. The summed E-state index contributed by atoms with van der Waals surface area (Å²) in [6.07, 6.45) is 1.35. The maximum Gasteiger partial charge on any atom is 0.317 e. The summed E-state index contributed by atoms with van der Waals surface area (Å²) in [6, 6.07) is 7.53. The van der Waals surface area contributed by atoms with Gasteiger partial charge in [-0.3, -0.25) is 4.79 Å². The Bertz CT molecular complexity index is 815. The number of piperidine rings is 1. The Hall–Kier alpha value is -2.61. The van der Waals surface area contributed by atoms with Crippen LogP contribution in [0, 0.1) is 12.8 Å². The van der Waals surface area contributed by atoms with Gasteiger partial charge in [0.15, 0.2) is 0 Å². The summed E-state index contributed by atoms with van der Waals surface area (Å²) in [4.78, 5) is 30.9. The average Bonchev–Trinajstić information content (AvgIpc) is 3.15. The van der Waals surface area contributed by atoms with E-state index in [1.54, 1.807) is 23.3 Å². The van der Waals surface area contributed by atoms with Crippen LogP contribution in [0.4, 0.5) is 4.79 Å². The molecule has 1 fully saturated rings. The number of likely N-dealkylation sites (tertiary alicyclic amines) is 1. The third-order valence-corrected chi connectivity index (χ3v) is 5.66. The average molecular weight is 403 g/mol. The predicted molar refractivity (Wildman–Crippen MR) is 108 cm³/mol. The number of carbonyl (C=O) groups excluding carboxylic acids is 2. The van der Waals surface area contributed by atoms with Gasteiger partial charge in [0.2, 0.25) is 5.91 Å². The molecule has 1 saturated heterocycles. The summed E-state index contributed by atoms with van der Waals surface area (Å²) < 4.78 is 5.20. The van der Waals surface area contributed by atoms with Crippen LogP contribution in [-0.4, -0.2) is 42.0 Å². The Kier molecular flexibility index (Phi) is 6.86. The van der Waals surface area contributed by atoms with E-state index < -0.39 is 0 Å². The van der Waals surface area contributed by atoms with Crippen molar-refractivity contribution in [2.75, 3.05) is 20.2 Å². The van der Waals surface area contributed by atoms with Crippen molar-refractivity contribution >= 4 is 23.3 Å². The Balaban J connectivity index is 1.40. The molecule has 0 atom stereocenters. The molecule has 0 bridgehead atoms. The fraction of sp³-hybridized carbons (Fsp3) is 0.450. The molecular formula is C20H26N4O3S. The van der Waals surface area contributed by atoms with Crippen LogP contribution in [-0.2, 0) is 17.9 Å². The zero-order valence-electron chi connectivity index (χ0n) is 16.2. The highest BCUT2D eigenvalue weighted by Crippen LogP contribution is 2.18. The number of nitrogens with zero attached hydrogens (tertiary/aromatic N) is 2. The molecule has 0 unspecified atom stereocenters. The highest BCUT2D eigenvalue weighted by molar-refractivity contribution is 7.09. The number of ether oxygens (including phenoxy) is 1. The van der Waals surface area contributed by atoms with E-state index in [4.69, 9.17) is 4.74 Å². The van der Waals surface area contributed by atoms with Crippen LogP contribution in [0.2, 0.25) is 0 Å². The van der Waals surface area contributed by atoms with E-state index in [1.807, 2.05) is 36.6 Å². The Morgan fingerprint density at radius 2 is 2.04 bits per heavy atom. The van der Waals surface area contributed by atoms with E-state index in [0.717, 1.165) is 22.0 Å². The van der Waals surface area contributed by atoms with Crippen molar-refractivity contribution in [2.24, 2.45) is 5.92 Å². The molecule has 3 amide bonds. The number of rotatable bonds is 6. The van der Waals surface area contributed by atoms with Gasteiger partial charge in [0.05, 0.1) is 24.4 Å². The third-order valence-electron chi connectivity index (χ3n) is 4.84. The number of carbonyl (C=O) groups is 2. The maximum atomic E-state index is 12.4. The lowest BCUT2D eigenvalue weighted by Gasteiger charge is -2.31. The van der Waals surface area contributed by atoms with Crippen molar-refractivity contribution in [2.45, 2.75) is 32.9 Å². The molecule has 2 aromatic rings. The largest absolute Gasteiger partial charge is 0.497 e. The van der Waals surface area contributed by atoms with Gasteiger partial charge in [-0.05, 0) is 37.5 Å². The first-order valence-electron chi connectivity index (χ1n) is 9.39. The lowest BCUT2D eigenvalue weighted by Crippen LogP contribution is -2.46. The maximum absolute atomic E-state index is 12.4. The molecule has 150 valence electrons. The molecule has 1 aromatic carbocycles. The van der Waals surface area contributed by atoms with Gasteiger partial charge in [-0.15, -0.1) is 11.3 Å². The van der Waals surface area contributed by atoms with Crippen LogP contribution in [0.3, 0.4) is 0 Å². The minimum absolute atomic E-state index is 0.0436. The minimum Gasteiger partial charge on any atom is -0.497 e. The first kappa shape index (κ1) is 20.1. The van der Waals surface area contributed by atoms with Crippen LogP contribution < -0.4 is 15.4 Å². The summed E-state index contributed by atoms with van der Waals surface area (Å²) in [7, 11) is 1.62. The molecule has 0 saturated carbocycles. The zero-order valence-corrected chi connectivity index (χ0v) is 17.1. The van der Waals surface area contributed by atoms with E-state index in [-0.39, 0.29) is 17.9 Å². The summed E-state index contributed by atoms with van der Waals surface area (Å²) in [5, 5.41) is 8.86. The number of amides is 3. The van der Waals surface area contributed by atoms with Crippen LogP contribution in [0.15, 0.2) is 29.6 Å². The van der Waals surface area contributed by atoms with E-state index in [0.29, 0.717) is 39.0 Å². The molecule has 1 aliphatic rings. The van der Waals surface area contributed by atoms with Crippen molar-refractivity contribution in [1.29, 1.82) is 0 Å². The predicted octanol–water partition coefficient (Wildman–Crippen LogP) is 2.70. The number of benzene rings is 1. The topological polar surface area (TPSA) is 83.6 Å². The molecule has 1 aromatic heterocycles. The van der Waals surface area contributed by atoms with Gasteiger partial charge >= 0.3 is 6.03 Å². The lowest BCUT2D eigenvalue weighted by atomic mass is 9.96. The molecule has 2 heterocycles. The summed E-state index contributed by atoms with van der Waals surface area (Å²) in [5.74, 6) is 0.760. The van der Waals surface area contributed by atoms with Crippen LogP contribution in [0.1, 0.15) is 29.1 Å². The van der Waals surface area contributed by atoms with Gasteiger partial charge in [0, 0.05) is 30.9 Å². The van der Waals surface area contributed by atoms with Gasteiger partial charge in [-0.2, -0.15) is 0 Å². The summed E-state index contributed by atoms with van der Waals surface area (Å²) in [5.41, 5.74) is 1.88. The molecule has 3 rings (SSSR count). The van der Waals surface area contributed by atoms with Gasteiger partial charge < -0.3 is 20.3 Å². The van der Waals surface area contributed by atoms with Crippen LogP contribution in [0.25, 0.3) is 0 Å². The molecule has 7 nitrogen and oxygen atoms in total. The number of urea groups is 1. The number of hydrogen-bond donors (Lipinski definition) is 2. The Morgan fingerprint density at radius 1 is 1.25 bits per heavy atom. The van der Waals surface area contributed by atoms with E-state index in [2.05, 4.69) is 15.6 Å². The second kappa shape index (κ2) is 9.54. The lowest BCUT2D eigenvalue weighted by molar-refractivity contribution is -0.126. The van der Waals surface area contributed by atoms with Crippen molar-refractivity contribution < 1.29 is 14.3 Å². The summed E-state index contributed by atoms with van der Waals surface area (Å²) >= 11 is 1.58. The van der Waals surface area contributed by atoms with Crippen LogP contribution in [0.5, 0.6) is 5.75 Å². The van der Waals surface area contributed by atoms with Gasteiger partial charge in [0.1, 0.15) is 5.75 Å². The number of nitrogens with one attached hydrogen (secondary N) is 2. The van der Waals surface area contributed by atoms with Crippen molar-refractivity contribution in [1.82, 2.24) is 20.5 Å². The second-order valence-electron chi connectivity index (χ2n) is 6.85. The zero-order chi connectivity index (χ0) is 19.9. The molecule has 28 heavy (non-hydrogen) atoms. The van der Waals surface area contributed by atoms with Crippen molar-refractivity contribution in [3.05, 3.63) is 45.9 Å². The number of hydrogen-bond acceptors (Lipinski definition) is 5. The fourth-order valence-corrected chi connectivity index (χ4v) is 3.84. The number of aromatic nitrogens is 1. The van der Waals surface area contributed by atoms with Crippen molar-refractivity contribution in [3.8, 4) is 5.75 Å². The molecule has 0 radical (unpaired) electrons. The smallest absolute Gasteiger partial charge is 0.317 e. The first-order chi connectivity index (χ1) is 13.5. The quantitative estimate of drug-likeness (QED) is 0.778. The standard InChI is InChI=1S/C20H26N4O3S/c1-14-23-17(13-28-14)12-21-19(25)16-6-8-24(9-7-16)20(26)22-11-15-4-3-5-18(10-15)27-2/h3-5,10,13,16H,6-9,11-12H2,1-2H3,(H,21,25)(H,22,26). The minimum atomic E-state index is -0.0976. The van der Waals surface area contributed by atoms with Gasteiger partial charge in [-0.1, -0.05) is 12.1 Å². The highest BCUT2D eigenvalue weighted by Gasteiger charge is 2.27. The van der Waals surface area contributed by atoms with Gasteiger partial charge in [0.25, 0.3) is 0 Å². The molecule has 1 aliphatic heterocycles. The van der Waals surface area contributed by atoms with E-state index in [1.165, 1.54) is 0 Å². The highest BCUT2D eigenvalue weighted by atomic mass is 32.1. The number of thiazole rings is 1. The molecule has 0 spiro atoms. The molecule has 8 heteroatoms. The Labute approximate surface area is 169 Å². The van der Waals surface area contributed by atoms with Crippen molar-refractivity contribution in [3.63, 3.8) is 0 Å². The van der Waals surface area contributed by atoms with Gasteiger partial charge in [-0.25, -0.2) is 9.78 Å². The number of aryl methyl sites for hydroxylation is 1. The molecule has 0 aliphatic carbocycles. The SMILES string of the molecule is COc1cccc(CNC(=O)N2CCC(C(=O)NCc3csc(C)n3)CC2)c1. The summed E-state index contributed by atoms with van der Waals surface area (Å²) in [6.45, 7) is 4.02. The number of methoxy groups -OCH3 is 1. The molecule has 2 N–H and O–H groups in total. The monoisotopic (exact) mass is 402 g/mol. The first-order valence-corrected chi connectivity index (χ1v) is 10.3. The fourth-order valence-electron chi connectivity index (χ4n) is 3.23. The van der Waals surface area contributed by atoms with E-state index >= 15 is 0 Å². The van der Waals surface area contributed by atoms with Crippen LogP contribution >= 0.6 is 11.3 Å². The third kappa shape index (κ3) is 5.45.